The number of thiophene rings is 1. The summed E-state index contributed by atoms with van der Waals surface area (Å²) in [6, 6.07) is 13.7. The van der Waals surface area contributed by atoms with E-state index in [-0.39, 0.29) is 18.0 Å². The molecule has 24 heavy (non-hydrogen) atoms. The van der Waals surface area contributed by atoms with E-state index in [0.717, 1.165) is 22.4 Å². The summed E-state index contributed by atoms with van der Waals surface area (Å²) in [5, 5.41) is 4.80. The van der Waals surface area contributed by atoms with Crippen LogP contribution < -0.4 is 10.9 Å². The minimum absolute atomic E-state index is 0.149. The monoisotopic (exact) mass is 338 g/mol. The molecule has 0 aliphatic rings. The molecule has 122 valence electrons. The number of aryl methyl sites for hydroxylation is 2. The highest BCUT2D eigenvalue weighted by Crippen LogP contribution is 2.25. The number of pyridine rings is 1. The largest absolute Gasteiger partial charge is 0.347 e. The minimum atomic E-state index is -0.165. The maximum Gasteiger partial charge on any atom is 0.261 e. The second kappa shape index (κ2) is 6.84. The van der Waals surface area contributed by atoms with Gasteiger partial charge >= 0.3 is 0 Å². The number of H-pyrrole nitrogens is 1. The molecule has 1 amide bonds. The fraction of sp³-hybridized carbons (Fsp3) is 0.158. The van der Waals surface area contributed by atoms with Crippen LogP contribution in [0.15, 0.2) is 52.6 Å². The van der Waals surface area contributed by atoms with Crippen molar-refractivity contribution in [2.24, 2.45) is 0 Å². The highest BCUT2D eigenvalue weighted by atomic mass is 32.1. The second-order valence-corrected chi connectivity index (χ2v) is 6.60. The summed E-state index contributed by atoms with van der Waals surface area (Å²) < 4.78 is 0. The van der Waals surface area contributed by atoms with Crippen molar-refractivity contribution >= 4 is 17.2 Å². The zero-order chi connectivity index (χ0) is 17.1. The first-order chi connectivity index (χ1) is 11.5. The molecule has 0 unspecified atom stereocenters. The van der Waals surface area contributed by atoms with Gasteiger partial charge in [0.1, 0.15) is 0 Å². The first-order valence-electron chi connectivity index (χ1n) is 7.66. The van der Waals surface area contributed by atoms with E-state index in [1.165, 1.54) is 11.3 Å². The summed E-state index contributed by atoms with van der Waals surface area (Å²) in [6.07, 6.45) is 0. The van der Waals surface area contributed by atoms with E-state index in [9.17, 15) is 9.59 Å². The fourth-order valence-corrected chi connectivity index (χ4v) is 3.43. The van der Waals surface area contributed by atoms with Gasteiger partial charge in [-0.05, 0) is 48.1 Å². The quantitative estimate of drug-likeness (QED) is 0.763. The number of amides is 1. The van der Waals surface area contributed by atoms with Gasteiger partial charge in [0.05, 0.1) is 4.88 Å². The summed E-state index contributed by atoms with van der Waals surface area (Å²) >= 11 is 1.40. The number of rotatable bonds is 4. The van der Waals surface area contributed by atoms with Crippen LogP contribution in [0.5, 0.6) is 0 Å². The molecule has 0 bridgehead atoms. The third kappa shape index (κ3) is 3.46. The summed E-state index contributed by atoms with van der Waals surface area (Å²) in [7, 11) is 0. The zero-order valence-corrected chi connectivity index (χ0v) is 14.4. The smallest absolute Gasteiger partial charge is 0.261 e. The highest BCUT2D eigenvalue weighted by molar-refractivity contribution is 7.12. The van der Waals surface area contributed by atoms with Gasteiger partial charge in [-0.25, -0.2) is 0 Å². The predicted molar refractivity (Wildman–Crippen MR) is 97.5 cm³/mol. The number of nitrogens with one attached hydrogen (secondary N) is 2. The Morgan fingerprint density at radius 2 is 1.88 bits per heavy atom. The van der Waals surface area contributed by atoms with Crippen LogP contribution in [-0.2, 0) is 6.54 Å². The van der Waals surface area contributed by atoms with E-state index in [0.29, 0.717) is 10.4 Å². The molecule has 2 N–H and O–H groups in total. The third-order valence-electron chi connectivity index (χ3n) is 3.85. The van der Waals surface area contributed by atoms with Crippen molar-refractivity contribution in [2.45, 2.75) is 20.4 Å². The molecular formula is C19H18N2O2S. The third-order valence-corrected chi connectivity index (χ3v) is 4.78. The molecule has 0 aliphatic heterocycles. The first-order valence-corrected chi connectivity index (χ1v) is 8.54. The average Bonchev–Trinajstić information content (AvgIpc) is 3.04. The number of hydrogen-bond donors (Lipinski definition) is 2. The summed E-state index contributed by atoms with van der Waals surface area (Å²) in [5.74, 6) is -0.165. The topological polar surface area (TPSA) is 62.0 Å². The molecule has 0 radical (unpaired) electrons. The molecule has 2 heterocycles. The normalized spacial score (nSPS) is 10.6. The number of carbonyl (C=O) groups excluding carboxylic acids is 1. The van der Waals surface area contributed by atoms with Crippen molar-refractivity contribution in [3.8, 4) is 11.1 Å². The molecule has 0 saturated heterocycles. The van der Waals surface area contributed by atoms with Gasteiger partial charge < -0.3 is 10.3 Å². The maximum absolute atomic E-state index is 12.3. The maximum atomic E-state index is 12.3. The van der Waals surface area contributed by atoms with Crippen molar-refractivity contribution in [3.05, 3.63) is 79.9 Å². The molecule has 2 aromatic heterocycles. The van der Waals surface area contributed by atoms with Crippen LogP contribution in [0.3, 0.4) is 0 Å². The van der Waals surface area contributed by atoms with Gasteiger partial charge in [-0.2, -0.15) is 0 Å². The van der Waals surface area contributed by atoms with Crippen molar-refractivity contribution in [2.75, 3.05) is 0 Å². The number of aromatic nitrogens is 1. The Labute approximate surface area is 144 Å². The lowest BCUT2D eigenvalue weighted by Gasteiger charge is -2.07. The SMILES string of the molecule is Cc1cc(C)c(CNC(=O)c2cc(-c3ccccc3)cs2)c(=O)[nH]1. The number of aromatic amines is 1. The lowest BCUT2D eigenvalue weighted by Crippen LogP contribution is -2.27. The van der Waals surface area contributed by atoms with Crippen LogP contribution in [0.25, 0.3) is 11.1 Å². The Hall–Kier alpha value is -2.66. The Morgan fingerprint density at radius 1 is 1.12 bits per heavy atom. The van der Waals surface area contributed by atoms with Crippen LogP contribution in [0.4, 0.5) is 0 Å². The van der Waals surface area contributed by atoms with E-state index in [1.54, 1.807) is 0 Å². The molecule has 5 heteroatoms. The van der Waals surface area contributed by atoms with Gasteiger partial charge in [0.25, 0.3) is 11.5 Å². The van der Waals surface area contributed by atoms with Crippen LogP contribution in [0.1, 0.15) is 26.5 Å². The molecule has 0 saturated carbocycles. The Balaban J connectivity index is 1.73. The van der Waals surface area contributed by atoms with E-state index in [4.69, 9.17) is 0 Å². The average molecular weight is 338 g/mol. The number of hydrogen-bond acceptors (Lipinski definition) is 3. The van der Waals surface area contributed by atoms with Gasteiger partial charge in [0, 0.05) is 17.8 Å². The Kier molecular flexibility index (Phi) is 4.62. The van der Waals surface area contributed by atoms with Crippen molar-refractivity contribution in [3.63, 3.8) is 0 Å². The van der Waals surface area contributed by atoms with Crippen LogP contribution in [0, 0.1) is 13.8 Å². The predicted octanol–water partition coefficient (Wildman–Crippen LogP) is 3.65. The zero-order valence-electron chi connectivity index (χ0n) is 13.6. The minimum Gasteiger partial charge on any atom is -0.347 e. The van der Waals surface area contributed by atoms with Gasteiger partial charge in [0.2, 0.25) is 0 Å². The molecular weight excluding hydrogens is 320 g/mol. The van der Waals surface area contributed by atoms with E-state index in [2.05, 4.69) is 10.3 Å². The van der Waals surface area contributed by atoms with Crippen molar-refractivity contribution in [1.29, 1.82) is 0 Å². The molecule has 0 spiro atoms. The van der Waals surface area contributed by atoms with E-state index >= 15 is 0 Å². The molecule has 1 aromatic carbocycles. The summed E-state index contributed by atoms with van der Waals surface area (Å²) in [5.41, 5.74) is 4.25. The first kappa shape index (κ1) is 16.2. The molecule has 4 nitrogen and oxygen atoms in total. The van der Waals surface area contributed by atoms with Crippen molar-refractivity contribution < 1.29 is 4.79 Å². The lowest BCUT2D eigenvalue weighted by molar-refractivity contribution is 0.0955. The Morgan fingerprint density at radius 3 is 2.58 bits per heavy atom. The van der Waals surface area contributed by atoms with Gasteiger partial charge in [0.15, 0.2) is 0 Å². The number of benzene rings is 1. The Bertz CT molecular complexity index is 926. The van der Waals surface area contributed by atoms with E-state index in [1.807, 2.05) is 61.7 Å². The molecule has 3 aromatic rings. The lowest BCUT2D eigenvalue weighted by atomic mass is 10.1. The second-order valence-electron chi connectivity index (χ2n) is 5.69. The highest BCUT2D eigenvalue weighted by Gasteiger charge is 2.12. The van der Waals surface area contributed by atoms with Crippen LogP contribution in [0.2, 0.25) is 0 Å². The van der Waals surface area contributed by atoms with Crippen LogP contribution in [-0.4, -0.2) is 10.9 Å². The summed E-state index contributed by atoms with van der Waals surface area (Å²) in [4.78, 5) is 27.7. The molecule has 3 rings (SSSR count). The van der Waals surface area contributed by atoms with E-state index < -0.39 is 0 Å². The van der Waals surface area contributed by atoms with Crippen molar-refractivity contribution in [1.82, 2.24) is 10.3 Å². The summed E-state index contributed by atoms with van der Waals surface area (Å²) in [6.45, 7) is 3.94. The fourth-order valence-electron chi connectivity index (χ4n) is 2.59. The van der Waals surface area contributed by atoms with Gasteiger partial charge in [-0.1, -0.05) is 30.3 Å². The standard InChI is InChI=1S/C19H18N2O2S/c1-12-8-13(2)21-18(22)16(12)10-20-19(23)17-9-15(11-24-17)14-6-4-3-5-7-14/h3-9,11H,10H2,1-2H3,(H,20,23)(H,21,22). The molecule has 0 fully saturated rings. The van der Waals surface area contributed by atoms with Gasteiger partial charge in [-0.15, -0.1) is 11.3 Å². The van der Waals surface area contributed by atoms with Gasteiger partial charge in [-0.3, -0.25) is 9.59 Å². The van der Waals surface area contributed by atoms with Crippen LogP contribution >= 0.6 is 11.3 Å². The molecule has 0 aliphatic carbocycles. The molecule has 0 atom stereocenters. The number of carbonyl (C=O) groups is 1.